The van der Waals surface area contributed by atoms with E-state index < -0.39 is 0 Å². The van der Waals surface area contributed by atoms with Gasteiger partial charge in [0.2, 0.25) is 0 Å². The summed E-state index contributed by atoms with van der Waals surface area (Å²) in [4.78, 5) is 12.7. The topological polar surface area (TPSA) is 50.4 Å². The minimum absolute atomic E-state index is 0.244. The summed E-state index contributed by atoms with van der Waals surface area (Å²) in [5.74, 6) is 0.485. The van der Waals surface area contributed by atoms with Crippen molar-refractivity contribution in [3.63, 3.8) is 0 Å². The lowest BCUT2D eigenvalue weighted by molar-refractivity contribution is 0.102. The van der Waals surface area contributed by atoms with Crippen molar-refractivity contribution in [2.24, 2.45) is 0 Å². The van der Waals surface area contributed by atoms with Crippen molar-refractivity contribution in [3.8, 4) is 5.75 Å². The molecule has 0 atom stereocenters. The van der Waals surface area contributed by atoms with Crippen LogP contribution in [0, 0.1) is 0 Å². The predicted molar refractivity (Wildman–Crippen MR) is 102 cm³/mol. The summed E-state index contributed by atoms with van der Waals surface area (Å²) in [5, 5.41) is 6.61. The van der Waals surface area contributed by atoms with E-state index in [1.165, 1.54) is 0 Å². The minimum atomic E-state index is -0.244. The Morgan fingerprint density at radius 1 is 0.920 bits per heavy atom. The second-order valence-corrected chi connectivity index (χ2v) is 5.80. The van der Waals surface area contributed by atoms with Gasteiger partial charge in [-0.2, -0.15) is 0 Å². The van der Waals surface area contributed by atoms with Gasteiger partial charge in [-0.05, 0) is 54.6 Å². The summed E-state index contributed by atoms with van der Waals surface area (Å²) in [6.07, 6.45) is 0. The Morgan fingerprint density at radius 3 is 2.32 bits per heavy atom. The van der Waals surface area contributed by atoms with Gasteiger partial charge < -0.3 is 15.4 Å². The molecular formula is C20H17ClN2O2. The third-order valence-electron chi connectivity index (χ3n) is 3.63. The Labute approximate surface area is 151 Å². The van der Waals surface area contributed by atoms with Crippen molar-refractivity contribution in [1.29, 1.82) is 0 Å². The van der Waals surface area contributed by atoms with Crippen LogP contribution >= 0.6 is 11.6 Å². The van der Waals surface area contributed by atoms with E-state index in [1.807, 2.05) is 30.3 Å². The lowest BCUT2D eigenvalue weighted by Gasteiger charge is -2.13. The van der Waals surface area contributed by atoms with Crippen molar-refractivity contribution in [1.82, 2.24) is 0 Å². The van der Waals surface area contributed by atoms with Crippen molar-refractivity contribution in [2.45, 2.75) is 0 Å². The maximum Gasteiger partial charge on any atom is 0.257 e. The quantitative estimate of drug-likeness (QED) is 0.651. The number of nitrogens with one attached hydrogen (secondary N) is 2. The molecule has 0 bridgehead atoms. The normalized spacial score (nSPS) is 10.2. The number of anilines is 3. The number of hydrogen-bond donors (Lipinski definition) is 2. The van der Waals surface area contributed by atoms with E-state index in [4.69, 9.17) is 16.3 Å². The molecule has 0 aliphatic carbocycles. The number of benzene rings is 3. The highest BCUT2D eigenvalue weighted by Crippen LogP contribution is 2.25. The zero-order valence-corrected chi connectivity index (χ0v) is 14.4. The number of para-hydroxylation sites is 1. The molecule has 0 aliphatic heterocycles. The molecule has 25 heavy (non-hydrogen) atoms. The molecule has 0 aromatic heterocycles. The smallest absolute Gasteiger partial charge is 0.257 e. The van der Waals surface area contributed by atoms with Gasteiger partial charge in [0.25, 0.3) is 5.91 Å². The maximum atomic E-state index is 12.7. The van der Waals surface area contributed by atoms with Gasteiger partial charge >= 0.3 is 0 Å². The minimum Gasteiger partial charge on any atom is -0.497 e. The predicted octanol–water partition coefficient (Wildman–Crippen LogP) is 5.34. The van der Waals surface area contributed by atoms with Crippen LogP contribution < -0.4 is 15.4 Å². The summed E-state index contributed by atoms with van der Waals surface area (Å²) >= 11 is 6.08. The molecule has 1 amide bonds. The van der Waals surface area contributed by atoms with E-state index in [0.717, 1.165) is 11.4 Å². The van der Waals surface area contributed by atoms with Crippen molar-refractivity contribution >= 4 is 34.6 Å². The first-order valence-electron chi connectivity index (χ1n) is 7.73. The molecule has 126 valence electrons. The monoisotopic (exact) mass is 352 g/mol. The van der Waals surface area contributed by atoms with Crippen LogP contribution in [0.1, 0.15) is 10.4 Å². The van der Waals surface area contributed by atoms with Crippen LogP contribution in [-0.4, -0.2) is 13.0 Å². The Hall–Kier alpha value is -2.98. The zero-order chi connectivity index (χ0) is 17.6. The van der Waals surface area contributed by atoms with E-state index in [2.05, 4.69) is 10.6 Å². The average molecular weight is 353 g/mol. The molecule has 3 aromatic rings. The second kappa shape index (κ2) is 7.73. The highest BCUT2D eigenvalue weighted by molar-refractivity contribution is 6.31. The first-order valence-corrected chi connectivity index (χ1v) is 8.10. The van der Waals surface area contributed by atoms with Crippen molar-refractivity contribution < 1.29 is 9.53 Å². The Morgan fingerprint density at radius 2 is 1.64 bits per heavy atom. The van der Waals surface area contributed by atoms with Crippen LogP contribution in [0.15, 0.2) is 72.8 Å². The van der Waals surface area contributed by atoms with Gasteiger partial charge in [-0.1, -0.05) is 29.8 Å². The highest BCUT2D eigenvalue weighted by Gasteiger charge is 2.13. The zero-order valence-electron chi connectivity index (χ0n) is 13.6. The molecule has 0 unspecified atom stereocenters. The van der Waals surface area contributed by atoms with Gasteiger partial charge in [-0.15, -0.1) is 0 Å². The van der Waals surface area contributed by atoms with E-state index >= 15 is 0 Å². The molecule has 4 nitrogen and oxygen atoms in total. The Bertz CT molecular complexity index is 865. The van der Waals surface area contributed by atoms with Gasteiger partial charge in [0.15, 0.2) is 0 Å². The van der Waals surface area contributed by atoms with Crippen molar-refractivity contribution in [3.05, 3.63) is 83.4 Å². The van der Waals surface area contributed by atoms with Crippen LogP contribution in [0.4, 0.5) is 17.1 Å². The molecular weight excluding hydrogens is 336 g/mol. The Balaban J connectivity index is 1.84. The molecule has 5 heteroatoms. The summed E-state index contributed by atoms with van der Waals surface area (Å²) in [6, 6.07) is 22.0. The van der Waals surface area contributed by atoms with Gasteiger partial charge in [0, 0.05) is 16.4 Å². The largest absolute Gasteiger partial charge is 0.497 e. The second-order valence-electron chi connectivity index (χ2n) is 5.36. The molecule has 0 spiro atoms. The number of rotatable bonds is 5. The molecule has 3 aromatic carbocycles. The van der Waals surface area contributed by atoms with Crippen LogP contribution in [0.25, 0.3) is 0 Å². The summed E-state index contributed by atoms with van der Waals surface area (Å²) in [6.45, 7) is 0. The molecule has 0 fully saturated rings. The number of halogens is 1. The lowest BCUT2D eigenvalue weighted by atomic mass is 10.1. The van der Waals surface area contributed by atoms with Crippen LogP contribution in [0.2, 0.25) is 5.02 Å². The molecule has 2 N–H and O–H groups in total. The lowest BCUT2D eigenvalue weighted by Crippen LogP contribution is -2.14. The van der Waals surface area contributed by atoms with Crippen molar-refractivity contribution in [2.75, 3.05) is 17.7 Å². The molecule has 0 aliphatic rings. The number of methoxy groups -OCH3 is 1. The summed E-state index contributed by atoms with van der Waals surface area (Å²) in [5.41, 5.74) is 2.72. The molecule has 0 saturated heterocycles. The third-order valence-corrected chi connectivity index (χ3v) is 3.86. The van der Waals surface area contributed by atoms with Crippen LogP contribution in [0.3, 0.4) is 0 Å². The number of carbonyl (C=O) groups is 1. The SMILES string of the molecule is COc1ccc(NC(=O)c2cc(Cl)ccc2Nc2ccccc2)cc1. The summed E-state index contributed by atoms with van der Waals surface area (Å²) < 4.78 is 5.12. The number of ether oxygens (including phenoxy) is 1. The van der Waals surface area contributed by atoms with E-state index in [9.17, 15) is 4.79 Å². The van der Waals surface area contributed by atoms with Gasteiger partial charge in [-0.25, -0.2) is 0 Å². The van der Waals surface area contributed by atoms with Crippen LogP contribution in [0.5, 0.6) is 5.75 Å². The number of hydrogen-bond acceptors (Lipinski definition) is 3. The first kappa shape index (κ1) is 16.9. The number of carbonyl (C=O) groups excluding carboxylic acids is 1. The fourth-order valence-corrected chi connectivity index (χ4v) is 2.54. The third kappa shape index (κ3) is 4.31. The van der Waals surface area contributed by atoms with Gasteiger partial charge in [0.05, 0.1) is 18.4 Å². The molecule has 3 rings (SSSR count). The molecule has 0 saturated carbocycles. The number of amides is 1. The van der Waals surface area contributed by atoms with Gasteiger partial charge in [-0.3, -0.25) is 4.79 Å². The summed E-state index contributed by atoms with van der Waals surface area (Å²) in [7, 11) is 1.60. The van der Waals surface area contributed by atoms with Crippen LogP contribution in [-0.2, 0) is 0 Å². The average Bonchev–Trinajstić information content (AvgIpc) is 2.64. The Kier molecular flexibility index (Phi) is 5.21. The first-order chi connectivity index (χ1) is 12.2. The fourth-order valence-electron chi connectivity index (χ4n) is 2.36. The molecule has 0 radical (unpaired) electrons. The highest BCUT2D eigenvalue weighted by atomic mass is 35.5. The van der Waals surface area contributed by atoms with E-state index in [1.54, 1.807) is 49.6 Å². The van der Waals surface area contributed by atoms with E-state index in [-0.39, 0.29) is 5.91 Å². The van der Waals surface area contributed by atoms with Gasteiger partial charge in [0.1, 0.15) is 5.75 Å². The van der Waals surface area contributed by atoms with E-state index in [0.29, 0.717) is 22.0 Å². The fraction of sp³-hybridized carbons (Fsp3) is 0.0500. The standard InChI is InChI=1S/C20H17ClN2O2/c1-25-17-10-8-16(9-11-17)23-20(24)18-13-14(21)7-12-19(18)22-15-5-3-2-4-6-15/h2-13,22H,1H3,(H,23,24). The molecule has 0 heterocycles. The maximum absolute atomic E-state index is 12.7.